The minimum Gasteiger partial charge on any atom is -0.338 e. The van der Waals surface area contributed by atoms with Crippen molar-refractivity contribution in [1.29, 1.82) is 0 Å². The molecule has 0 bridgehead atoms. The van der Waals surface area contributed by atoms with Crippen molar-refractivity contribution in [2.75, 3.05) is 32.4 Å². The van der Waals surface area contributed by atoms with Gasteiger partial charge >= 0.3 is 0 Å². The fourth-order valence-corrected chi connectivity index (χ4v) is 3.83. The molecule has 1 amide bonds. The summed E-state index contributed by atoms with van der Waals surface area (Å²) in [6.07, 6.45) is 4.38. The van der Waals surface area contributed by atoms with Crippen LogP contribution in [0.2, 0.25) is 0 Å². The van der Waals surface area contributed by atoms with Crippen LogP contribution < -0.4 is 5.32 Å². The molecule has 1 N–H and O–H groups in total. The second kappa shape index (κ2) is 5.17. The molecule has 2 aliphatic heterocycles. The molecule has 0 aliphatic carbocycles. The standard InChI is InChI=1S/C15H20N2OS/c1-19-13-5-3-2-4-12(13)14(18)17-9-7-15(11-17)6-8-16-10-15/h2-5,16H,6-11H2,1H3. The van der Waals surface area contributed by atoms with E-state index in [0.29, 0.717) is 5.41 Å². The Balaban J connectivity index is 1.78. The second-order valence-electron chi connectivity index (χ2n) is 5.60. The molecule has 2 aliphatic rings. The number of carbonyl (C=O) groups is 1. The van der Waals surface area contributed by atoms with Gasteiger partial charge in [0.25, 0.3) is 5.91 Å². The lowest BCUT2D eigenvalue weighted by Crippen LogP contribution is -2.33. The zero-order valence-corrected chi connectivity index (χ0v) is 12.1. The molecule has 0 radical (unpaired) electrons. The van der Waals surface area contributed by atoms with Crippen LogP contribution >= 0.6 is 11.8 Å². The van der Waals surface area contributed by atoms with Crippen LogP contribution in [0, 0.1) is 5.41 Å². The van der Waals surface area contributed by atoms with Gasteiger partial charge < -0.3 is 10.2 Å². The van der Waals surface area contributed by atoms with Gasteiger partial charge in [-0.1, -0.05) is 12.1 Å². The summed E-state index contributed by atoms with van der Waals surface area (Å²) in [7, 11) is 0. The lowest BCUT2D eigenvalue weighted by atomic mass is 9.86. The van der Waals surface area contributed by atoms with Gasteiger partial charge in [-0.05, 0) is 37.8 Å². The Kier molecular flexibility index (Phi) is 3.54. The molecule has 1 aromatic carbocycles. The first-order chi connectivity index (χ1) is 9.24. The highest BCUT2D eigenvalue weighted by Crippen LogP contribution is 2.37. The van der Waals surface area contributed by atoms with E-state index in [9.17, 15) is 4.79 Å². The highest BCUT2D eigenvalue weighted by atomic mass is 32.2. The van der Waals surface area contributed by atoms with Crippen molar-refractivity contribution < 1.29 is 4.79 Å². The van der Waals surface area contributed by atoms with Crippen molar-refractivity contribution in [3.63, 3.8) is 0 Å². The van der Waals surface area contributed by atoms with E-state index < -0.39 is 0 Å². The molecular weight excluding hydrogens is 256 g/mol. The lowest BCUT2D eigenvalue weighted by Gasteiger charge is -2.23. The Labute approximate surface area is 118 Å². The summed E-state index contributed by atoms with van der Waals surface area (Å²) in [4.78, 5) is 15.8. The minimum absolute atomic E-state index is 0.203. The largest absolute Gasteiger partial charge is 0.338 e. The molecule has 0 aromatic heterocycles. The van der Waals surface area contributed by atoms with E-state index in [0.717, 1.165) is 43.1 Å². The number of thioether (sulfide) groups is 1. The minimum atomic E-state index is 0.203. The third-order valence-electron chi connectivity index (χ3n) is 4.40. The lowest BCUT2D eigenvalue weighted by molar-refractivity contribution is 0.0772. The Morgan fingerprint density at radius 3 is 2.95 bits per heavy atom. The van der Waals surface area contributed by atoms with Gasteiger partial charge in [-0.2, -0.15) is 0 Å². The molecule has 4 heteroatoms. The summed E-state index contributed by atoms with van der Waals surface area (Å²) >= 11 is 1.65. The van der Waals surface area contributed by atoms with Crippen LogP contribution in [0.25, 0.3) is 0 Å². The molecule has 3 rings (SSSR count). The maximum atomic E-state index is 12.7. The highest BCUT2D eigenvalue weighted by Gasteiger charge is 2.42. The maximum absolute atomic E-state index is 12.7. The van der Waals surface area contributed by atoms with Gasteiger partial charge in [0.2, 0.25) is 0 Å². The van der Waals surface area contributed by atoms with Crippen molar-refractivity contribution in [2.24, 2.45) is 5.41 Å². The topological polar surface area (TPSA) is 32.3 Å². The quantitative estimate of drug-likeness (QED) is 0.841. The molecule has 2 heterocycles. The molecule has 1 unspecified atom stereocenters. The van der Waals surface area contributed by atoms with Crippen LogP contribution in [0.3, 0.4) is 0 Å². The van der Waals surface area contributed by atoms with E-state index in [1.165, 1.54) is 6.42 Å². The smallest absolute Gasteiger partial charge is 0.255 e. The Hall–Kier alpha value is -1.00. The number of hydrogen-bond donors (Lipinski definition) is 1. The van der Waals surface area contributed by atoms with Gasteiger partial charge in [0, 0.05) is 29.9 Å². The molecule has 3 nitrogen and oxygen atoms in total. The Morgan fingerprint density at radius 2 is 2.21 bits per heavy atom. The summed E-state index contributed by atoms with van der Waals surface area (Å²) in [6, 6.07) is 7.93. The molecule has 1 atom stereocenters. The number of likely N-dealkylation sites (tertiary alicyclic amines) is 1. The number of hydrogen-bond acceptors (Lipinski definition) is 3. The van der Waals surface area contributed by atoms with Crippen LogP contribution in [-0.2, 0) is 0 Å². The Morgan fingerprint density at radius 1 is 1.37 bits per heavy atom. The van der Waals surface area contributed by atoms with E-state index in [1.807, 2.05) is 35.4 Å². The molecule has 19 heavy (non-hydrogen) atoms. The van der Waals surface area contributed by atoms with Gasteiger partial charge in [-0.25, -0.2) is 0 Å². The van der Waals surface area contributed by atoms with Crippen molar-refractivity contribution in [1.82, 2.24) is 10.2 Å². The number of nitrogens with one attached hydrogen (secondary N) is 1. The first-order valence-corrected chi connectivity index (χ1v) is 8.10. The van der Waals surface area contributed by atoms with E-state index in [1.54, 1.807) is 11.8 Å². The molecular formula is C15H20N2OS. The average Bonchev–Trinajstić information content (AvgIpc) is 3.09. The maximum Gasteiger partial charge on any atom is 0.255 e. The predicted octanol–water partition coefficient (Wildman–Crippen LogP) is 2.23. The first kappa shape index (κ1) is 13.0. The number of nitrogens with zero attached hydrogens (tertiary/aromatic N) is 1. The van der Waals surface area contributed by atoms with Gasteiger partial charge in [-0.15, -0.1) is 11.8 Å². The zero-order chi connectivity index (χ0) is 13.3. The fraction of sp³-hybridized carbons (Fsp3) is 0.533. The van der Waals surface area contributed by atoms with Crippen LogP contribution in [0.4, 0.5) is 0 Å². The molecule has 102 valence electrons. The van der Waals surface area contributed by atoms with E-state index in [-0.39, 0.29) is 5.91 Å². The molecule has 1 aromatic rings. The van der Waals surface area contributed by atoms with Crippen LogP contribution in [0.5, 0.6) is 0 Å². The normalized spacial score (nSPS) is 26.3. The van der Waals surface area contributed by atoms with Crippen molar-refractivity contribution >= 4 is 17.7 Å². The fourth-order valence-electron chi connectivity index (χ4n) is 3.24. The third-order valence-corrected chi connectivity index (χ3v) is 5.19. The van der Waals surface area contributed by atoms with Crippen LogP contribution in [-0.4, -0.2) is 43.2 Å². The van der Waals surface area contributed by atoms with Crippen LogP contribution in [0.1, 0.15) is 23.2 Å². The molecule has 2 fully saturated rings. The summed E-state index contributed by atoms with van der Waals surface area (Å²) in [5, 5.41) is 3.43. The molecule has 2 saturated heterocycles. The van der Waals surface area contributed by atoms with Crippen LogP contribution in [0.15, 0.2) is 29.2 Å². The second-order valence-corrected chi connectivity index (χ2v) is 6.45. The highest BCUT2D eigenvalue weighted by molar-refractivity contribution is 7.98. The van der Waals surface area contributed by atoms with Gasteiger partial charge in [0.1, 0.15) is 0 Å². The molecule has 1 spiro atoms. The van der Waals surface area contributed by atoms with Gasteiger partial charge in [0.15, 0.2) is 0 Å². The summed E-state index contributed by atoms with van der Waals surface area (Å²) in [6.45, 7) is 4.00. The number of amides is 1. The van der Waals surface area contributed by atoms with Crippen molar-refractivity contribution in [2.45, 2.75) is 17.7 Å². The summed E-state index contributed by atoms with van der Waals surface area (Å²) in [5.74, 6) is 0.203. The average molecular weight is 276 g/mol. The van der Waals surface area contributed by atoms with Crippen molar-refractivity contribution in [3.8, 4) is 0 Å². The predicted molar refractivity (Wildman–Crippen MR) is 78.7 cm³/mol. The van der Waals surface area contributed by atoms with Gasteiger partial charge in [0.05, 0.1) is 5.56 Å². The zero-order valence-electron chi connectivity index (χ0n) is 11.3. The Bertz CT molecular complexity index is 483. The van der Waals surface area contributed by atoms with E-state index >= 15 is 0 Å². The van der Waals surface area contributed by atoms with Crippen molar-refractivity contribution in [3.05, 3.63) is 29.8 Å². The SMILES string of the molecule is CSc1ccccc1C(=O)N1CCC2(CCNC2)C1. The van der Waals surface area contributed by atoms with Gasteiger partial charge in [-0.3, -0.25) is 4.79 Å². The first-order valence-electron chi connectivity index (χ1n) is 6.87. The van der Waals surface area contributed by atoms with E-state index in [4.69, 9.17) is 0 Å². The molecule has 0 saturated carbocycles. The monoisotopic (exact) mass is 276 g/mol. The number of carbonyl (C=O) groups excluding carboxylic acids is 1. The summed E-state index contributed by atoms with van der Waals surface area (Å²) < 4.78 is 0. The summed E-state index contributed by atoms with van der Waals surface area (Å²) in [5.41, 5.74) is 1.21. The number of benzene rings is 1. The number of rotatable bonds is 2. The van der Waals surface area contributed by atoms with E-state index in [2.05, 4.69) is 5.32 Å². The third kappa shape index (κ3) is 2.39.